The first kappa shape index (κ1) is 28.5. The van der Waals surface area contributed by atoms with E-state index in [4.69, 9.17) is 28.2 Å². The van der Waals surface area contributed by atoms with E-state index in [1.54, 1.807) is 30.3 Å². The van der Waals surface area contributed by atoms with Crippen molar-refractivity contribution < 1.29 is 13.2 Å². The smallest absolute Gasteiger partial charge is 0.303 e. The molecule has 2 fully saturated rings. The highest BCUT2D eigenvalue weighted by molar-refractivity contribution is 7.92. The van der Waals surface area contributed by atoms with Gasteiger partial charge in [0.1, 0.15) is 12.4 Å². The SMILES string of the molecule is O=C1CN(c2cccc(-n3cc(-c4ccc(Cl)cc4Cl)nc3Cc3ccc(C=CC4CCCCC4)cc3)c2)S(=O)(=O)N1. The number of imidazole rings is 1. The van der Waals surface area contributed by atoms with Gasteiger partial charge in [-0.05, 0) is 66.3 Å². The highest BCUT2D eigenvalue weighted by Gasteiger charge is 2.34. The predicted octanol–water partition coefficient (Wildman–Crippen LogP) is 7.21. The van der Waals surface area contributed by atoms with Gasteiger partial charge in [-0.15, -0.1) is 0 Å². The van der Waals surface area contributed by atoms with Gasteiger partial charge in [0.05, 0.1) is 16.4 Å². The van der Waals surface area contributed by atoms with Crippen molar-refractivity contribution in [1.29, 1.82) is 0 Å². The lowest BCUT2D eigenvalue weighted by Crippen LogP contribution is -2.29. The number of allylic oxidation sites excluding steroid dienone is 1. The summed E-state index contributed by atoms with van der Waals surface area (Å²) in [5.74, 6) is 0.849. The topological polar surface area (TPSA) is 84.3 Å². The van der Waals surface area contributed by atoms with Gasteiger partial charge in [-0.1, -0.05) is 84.9 Å². The number of amides is 1. The van der Waals surface area contributed by atoms with Crippen LogP contribution in [-0.2, 0) is 21.4 Å². The molecule has 10 heteroatoms. The molecule has 1 N–H and O–H groups in total. The third-order valence-corrected chi connectivity index (χ3v) is 9.71. The van der Waals surface area contributed by atoms with E-state index in [2.05, 4.69) is 36.4 Å². The molecule has 1 aliphatic heterocycles. The van der Waals surface area contributed by atoms with Crippen molar-refractivity contribution in [3.8, 4) is 16.9 Å². The number of aromatic nitrogens is 2. The Balaban J connectivity index is 1.33. The first-order valence-corrected chi connectivity index (χ1v) is 16.2. The fourth-order valence-electron chi connectivity index (χ4n) is 5.57. The summed E-state index contributed by atoms with van der Waals surface area (Å²) in [5, 5.41) is 1.01. The molecular weight excluding hydrogens is 591 g/mol. The summed E-state index contributed by atoms with van der Waals surface area (Å²) >= 11 is 12.7. The van der Waals surface area contributed by atoms with Gasteiger partial charge in [0, 0.05) is 28.9 Å². The fraction of sp³-hybridized carbons (Fsp3) is 0.250. The molecule has 1 aliphatic carbocycles. The summed E-state index contributed by atoms with van der Waals surface area (Å²) in [5.41, 5.74) is 4.73. The van der Waals surface area contributed by atoms with Crippen LogP contribution < -0.4 is 9.03 Å². The number of nitrogens with zero attached hydrogens (tertiary/aromatic N) is 3. The van der Waals surface area contributed by atoms with E-state index in [9.17, 15) is 13.2 Å². The zero-order valence-electron chi connectivity index (χ0n) is 22.8. The number of rotatable bonds is 7. The van der Waals surface area contributed by atoms with Crippen molar-refractivity contribution in [2.75, 3.05) is 10.8 Å². The number of halogens is 2. The lowest BCUT2D eigenvalue weighted by Gasteiger charge is -2.17. The molecular formula is C32H30Cl2N4O3S. The van der Waals surface area contributed by atoms with Crippen LogP contribution in [-0.4, -0.2) is 30.4 Å². The fourth-order valence-corrected chi connectivity index (χ4v) is 7.22. The number of hydrogen-bond acceptors (Lipinski definition) is 4. The number of carbonyl (C=O) groups is 1. The minimum absolute atomic E-state index is 0.268. The van der Waals surface area contributed by atoms with E-state index >= 15 is 0 Å². The van der Waals surface area contributed by atoms with E-state index in [-0.39, 0.29) is 6.54 Å². The summed E-state index contributed by atoms with van der Waals surface area (Å²) < 4.78 is 30.0. The highest BCUT2D eigenvalue weighted by atomic mass is 35.5. The number of benzene rings is 3. The molecule has 216 valence electrons. The molecule has 2 aliphatic rings. The Morgan fingerprint density at radius 1 is 0.952 bits per heavy atom. The summed E-state index contributed by atoms with van der Waals surface area (Å²) in [6.07, 6.45) is 13.5. The summed E-state index contributed by atoms with van der Waals surface area (Å²) in [6, 6.07) is 20.8. The van der Waals surface area contributed by atoms with Crippen LogP contribution in [0.25, 0.3) is 23.0 Å². The van der Waals surface area contributed by atoms with Gasteiger partial charge in [0.15, 0.2) is 0 Å². The predicted molar refractivity (Wildman–Crippen MR) is 168 cm³/mol. The van der Waals surface area contributed by atoms with Crippen LogP contribution in [0.2, 0.25) is 10.0 Å². The lowest BCUT2D eigenvalue weighted by atomic mass is 9.89. The molecule has 42 heavy (non-hydrogen) atoms. The Kier molecular flexibility index (Phi) is 8.12. The molecule has 0 radical (unpaired) electrons. The first-order chi connectivity index (χ1) is 20.2. The molecule has 0 atom stereocenters. The normalized spacial score (nSPS) is 17.2. The maximum Gasteiger partial charge on any atom is 0.326 e. The Hall–Kier alpha value is -3.59. The minimum Gasteiger partial charge on any atom is -0.303 e. The standard InChI is InChI=1S/C32H30Cl2N4O3S/c33-25-15-16-28(29(34)18-25)30-20-37(26-7-4-8-27(19-26)38-21-32(39)36-42(38,40)41)31(35-30)17-24-13-11-23(12-14-24)10-9-22-5-2-1-3-6-22/h4,7-16,18-20,22H,1-3,5-6,17,21H2,(H,36,39). The number of carbonyl (C=O) groups excluding carboxylic acids is 1. The van der Waals surface area contributed by atoms with Gasteiger partial charge in [-0.2, -0.15) is 8.42 Å². The molecule has 4 aromatic rings. The van der Waals surface area contributed by atoms with Crippen molar-refractivity contribution in [2.45, 2.75) is 38.5 Å². The van der Waals surface area contributed by atoms with Crippen LogP contribution in [0.1, 0.15) is 49.1 Å². The number of nitrogens with one attached hydrogen (secondary N) is 1. The van der Waals surface area contributed by atoms with Gasteiger partial charge < -0.3 is 4.57 Å². The van der Waals surface area contributed by atoms with Crippen LogP contribution in [0.15, 0.2) is 79.0 Å². The largest absolute Gasteiger partial charge is 0.326 e. The molecule has 3 aromatic carbocycles. The number of anilines is 1. The van der Waals surface area contributed by atoms with Gasteiger partial charge in [0.25, 0.3) is 5.91 Å². The van der Waals surface area contributed by atoms with E-state index in [0.29, 0.717) is 39.5 Å². The molecule has 1 saturated carbocycles. The third kappa shape index (κ3) is 6.26. The van der Waals surface area contributed by atoms with Crippen molar-refractivity contribution in [1.82, 2.24) is 14.3 Å². The summed E-state index contributed by atoms with van der Waals surface area (Å²) in [4.78, 5) is 16.8. The minimum atomic E-state index is -3.94. The quantitative estimate of drug-likeness (QED) is 0.236. The van der Waals surface area contributed by atoms with E-state index < -0.39 is 16.1 Å². The van der Waals surface area contributed by atoms with Crippen molar-refractivity contribution in [3.05, 3.63) is 106 Å². The average molecular weight is 622 g/mol. The average Bonchev–Trinajstić information content (AvgIpc) is 3.51. The summed E-state index contributed by atoms with van der Waals surface area (Å²) in [6.45, 7) is -0.268. The van der Waals surface area contributed by atoms with Gasteiger partial charge >= 0.3 is 10.2 Å². The molecule has 1 saturated heterocycles. The third-order valence-electron chi connectivity index (χ3n) is 7.75. The van der Waals surface area contributed by atoms with Crippen molar-refractivity contribution >= 4 is 51.1 Å². The second kappa shape index (κ2) is 12.0. The first-order valence-electron chi connectivity index (χ1n) is 14.0. The number of hydrogen-bond donors (Lipinski definition) is 1. The molecule has 0 spiro atoms. The maximum atomic E-state index is 12.5. The Labute approximate surface area is 256 Å². The van der Waals surface area contributed by atoms with Crippen LogP contribution in [0.5, 0.6) is 0 Å². The Morgan fingerprint density at radius 2 is 1.71 bits per heavy atom. The van der Waals surface area contributed by atoms with E-state index in [0.717, 1.165) is 21.3 Å². The van der Waals surface area contributed by atoms with Crippen LogP contribution in [0.4, 0.5) is 5.69 Å². The second-order valence-corrected chi connectivity index (χ2v) is 13.2. The monoisotopic (exact) mass is 620 g/mol. The Bertz CT molecular complexity index is 1760. The molecule has 0 unspecified atom stereocenters. The lowest BCUT2D eigenvalue weighted by molar-refractivity contribution is -0.117. The van der Waals surface area contributed by atoms with E-state index in [1.165, 1.54) is 37.7 Å². The molecule has 6 rings (SSSR count). The molecule has 2 heterocycles. The molecule has 7 nitrogen and oxygen atoms in total. The van der Waals surface area contributed by atoms with Crippen LogP contribution in [0, 0.1) is 5.92 Å². The highest BCUT2D eigenvalue weighted by Crippen LogP contribution is 2.32. The maximum absolute atomic E-state index is 12.5. The summed E-state index contributed by atoms with van der Waals surface area (Å²) in [7, 11) is -3.94. The van der Waals surface area contributed by atoms with Crippen molar-refractivity contribution in [2.24, 2.45) is 5.92 Å². The molecule has 0 bridgehead atoms. The zero-order chi connectivity index (χ0) is 29.3. The van der Waals surface area contributed by atoms with Gasteiger partial charge in [-0.3, -0.25) is 4.79 Å². The zero-order valence-corrected chi connectivity index (χ0v) is 25.2. The van der Waals surface area contributed by atoms with Crippen molar-refractivity contribution in [3.63, 3.8) is 0 Å². The molecule has 1 amide bonds. The van der Waals surface area contributed by atoms with Gasteiger partial charge in [0.2, 0.25) is 0 Å². The van der Waals surface area contributed by atoms with Gasteiger partial charge in [-0.25, -0.2) is 14.0 Å². The Morgan fingerprint density at radius 3 is 2.43 bits per heavy atom. The second-order valence-electron chi connectivity index (χ2n) is 10.8. The van der Waals surface area contributed by atoms with Crippen LogP contribution >= 0.6 is 23.2 Å². The van der Waals surface area contributed by atoms with Crippen LogP contribution in [0.3, 0.4) is 0 Å². The molecule has 1 aromatic heterocycles. The van der Waals surface area contributed by atoms with E-state index in [1.807, 2.05) is 27.6 Å².